The predicted molar refractivity (Wildman–Crippen MR) is 71.1 cm³/mol. The van der Waals surface area contributed by atoms with Crippen molar-refractivity contribution in [3.8, 4) is 0 Å². The fourth-order valence-corrected chi connectivity index (χ4v) is 2.40. The summed E-state index contributed by atoms with van der Waals surface area (Å²) in [7, 11) is 0. The highest BCUT2D eigenvalue weighted by Crippen LogP contribution is 2.12. The van der Waals surface area contributed by atoms with Crippen molar-refractivity contribution in [1.82, 2.24) is 15.0 Å². The minimum Gasteiger partial charge on any atom is -0.472 e. The van der Waals surface area contributed by atoms with Crippen molar-refractivity contribution >= 4 is 5.91 Å². The first-order valence-electron chi connectivity index (χ1n) is 6.68. The summed E-state index contributed by atoms with van der Waals surface area (Å²) in [6.07, 6.45) is 3.02. The lowest BCUT2D eigenvalue weighted by Gasteiger charge is -2.34. The molecule has 0 bridgehead atoms. The van der Waals surface area contributed by atoms with Crippen LogP contribution in [0, 0.1) is 6.92 Å². The molecule has 1 amide bonds. The molecule has 0 aromatic carbocycles. The molecule has 2 aromatic rings. The fraction of sp³-hybridized carbons (Fsp3) is 0.429. The van der Waals surface area contributed by atoms with Crippen molar-refractivity contribution in [2.75, 3.05) is 26.2 Å². The Morgan fingerprint density at radius 2 is 2.15 bits per heavy atom. The van der Waals surface area contributed by atoms with Crippen LogP contribution in [0.15, 0.2) is 33.6 Å². The number of rotatable bonds is 3. The van der Waals surface area contributed by atoms with Crippen molar-refractivity contribution in [1.29, 1.82) is 0 Å². The van der Waals surface area contributed by atoms with E-state index in [0.717, 1.165) is 44.2 Å². The Bertz CT molecular complexity index is 568. The third-order valence-electron chi connectivity index (χ3n) is 3.49. The van der Waals surface area contributed by atoms with Gasteiger partial charge in [-0.1, -0.05) is 5.16 Å². The van der Waals surface area contributed by atoms with Crippen LogP contribution in [-0.4, -0.2) is 47.0 Å². The van der Waals surface area contributed by atoms with Gasteiger partial charge >= 0.3 is 0 Å². The summed E-state index contributed by atoms with van der Waals surface area (Å²) in [5.74, 6) is 0.865. The highest BCUT2D eigenvalue weighted by molar-refractivity contribution is 5.93. The van der Waals surface area contributed by atoms with E-state index in [9.17, 15) is 4.79 Å². The highest BCUT2D eigenvalue weighted by atomic mass is 16.5. The largest absolute Gasteiger partial charge is 0.472 e. The SMILES string of the molecule is Cc1cc(CN2CCN(C(=O)c3ccoc3)CC2)no1. The van der Waals surface area contributed by atoms with Crippen LogP contribution in [0.1, 0.15) is 21.8 Å². The molecule has 2 aromatic heterocycles. The van der Waals surface area contributed by atoms with Crippen molar-refractivity contribution in [3.63, 3.8) is 0 Å². The molecule has 106 valence electrons. The van der Waals surface area contributed by atoms with Gasteiger partial charge in [-0.2, -0.15) is 0 Å². The molecule has 0 atom stereocenters. The maximum absolute atomic E-state index is 12.1. The molecule has 3 heterocycles. The predicted octanol–water partition coefficient (Wildman–Crippen LogP) is 1.53. The number of hydrogen-bond donors (Lipinski definition) is 0. The lowest BCUT2D eigenvalue weighted by molar-refractivity contribution is 0.0625. The molecule has 0 radical (unpaired) electrons. The van der Waals surface area contributed by atoms with Crippen LogP contribution in [0.25, 0.3) is 0 Å². The molecule has 6 heteroatoms. The van der Waals surface area contributed by atoms with Crippen molar-refractivity contribution in [3.05, 3.63) is 41.7 Å². The number of aromatic nitrogens is 1. The van der Waals surface area contributed by atoms with Crippen molar-refractivity contribution in [2.45, 2.75) is 13.5 Å². The Hall–Kier alpha value is -2.08. The molecule has 6 nitrogen and oxygen atoms in total. The normalized spacial score (nSPS) is 16.6. The van der Waals surface area contributed by atoms with Crippen LogP contribution in [0.5, 0.6) is 0 Å². The van der Waals surface area contributed by atoms with Gasteiger partial charge in [0.25, 0.3) is 5.91 Å². The van der Waals surface area contributed by atoms with Gasteiger partial charge in [0.1, 0.15) is 12.0 Å². The van der Waals surface area contributed by atoms with Gasteiger partial charge in [-0.15, -0.1) is 0 Å². The molecule has 1 aliphatic rings. The standard InChI is InChI=1S/C14H17N3O3/c1-11-8-13(15-20-11)9-16-3-5-17(6-4-16)14(18)12-2-7-19-10-12/h2,7-8,10H,3-6,9H2,1H3. The van der Waals surface area contributed by atoms with Crippen LogP contribution in [0.3, 0.4) is 0 Å². The molecule has 1 aliphatic heterocycles. The number of carbonyl (C=O) groups is 1. The highest BCUT2D eigenvalue weighted by Gasteiger charge is 2.23. The van der Waals surface area contributed by atoms with Crippen LogP contribution >= 0.6 is 0 Å². The third kappa shape index (κ3) is 2.75. The van der Waals surface area contributed by atoms with E-state index in [4.69, 9.17) is 8.94 Å². The van der Waals surface area contributed by atoms with Gasteiger partial charge in [0.2, 0.25) is 0 Å². The van der Waals surface area contributed by atoms with Gasteiger partial charge in [0.05, 0.1) is 17.5 Å². The van der Waals surface area contributed by atoms with E-state index in [0.29, 0.717) is 5.56 Å². The Kier molecular flexibility index (Phi) is 3.56. The molecular formula is C14H17N3O3. The van der Waals surface area contributed by atoms with E-state index < -0.39 is 0 Å². The van der Waals surface area contributed by atoms with Gasteiger partial charge in [-0.3, -0.25) is 9.69 Å². The molecular weight excluding hydrogens is 258 g/mol. The molecule has 0 aliphatic carbocycles. The second-order valence-electron chi connectivity index (χ2n) is 5.01. The number of nitrogens with zero attached hydrogens (tertiary/aromatic N) is 3. The average molecular weight is 275 g/mol. The maximum atomic E-state index is 12.1. The second kappa shape index (κ2) is 5.50. The van der Waals surface area contributed by atoms with E-state index >= 15 is 0 Å². The van der Waals surface area contributed by atoms with Crippen LogP contribution < -0.4 is 0 Å². The Labute approximate surface area is 116 Å². The summed E-state index contributed by atoms with van der Waals surface area (Å²) < 4.78 is 10.0. The zero-order valence-electron chi connectivity index (χ0n) is 11.4. The van der Waals surface area contributed by atoms with Gasteiger partial charge in [-0.05, 0) is 13.0 Å². The van der Waals surface area contributed by atoms with Gasteiger partial charge < -0.3 is 13.8 Å². The summed E-state index contributed by atoms with van der Waals surface area (Å²) in [5, 5.41) is 4.00. The first-order valence-corrected chi connectivity index (χ1v) is 6.68. The Balaban J connectivity index is 1.53. The molecule has 1 fully saturated rings. The number of furan rings is 1. The number of hydrogen-bond acceptors (Lipinski definition) is 5. The summed E-state index contributed by atoms with van der Waals surface area (Å²) in [6.45, 7) is 5.79. The smallest absolute Gasteiger partial charge is 0.257 e. The zero-order chi connectivity index (χ0) is 13.9. The lowest BCUT2D eigenvalue weighted by atomic mass is 10.2. The number of carbonyl (C=O) groups excluding carboxylic acids is 1. The summed E-state index contributed by atoms with van der Waals surface area (Å²) in [6, 6.07) is 3.65. The lowest BCUT2D eigenvalue weighted by Crippen LogP contribution is -2.48. The van der Waals surface area contributed by atoms with Crippen LogP contribution in [0.4, 0.5) is 0 Å². The first kappa shape index (κ1) is 12.9. The second-order valence-corrected chi connectivity index (χ2v) is 5.01. The molecule has 0 N–H and O–H groups in total. The third-order valence-corrected chi connectivity index (χ3v) is 3.49. The quantitative estimate of drug-likeness (QED) is 0.850. The van der Waals surface area contributed by atoms with Gasteiger partial charge in [0.15, 0.2) is 0 Å². The fourth-order valence-electron chi connectivity index (χ4n) is 2.40. The molecule has 0 spiro atoms. The molecule has 0 unspecified atom stereocenters. The van der Waals surface area contributed by atoms with Gasteiger partial charge in [0, 0.05) is 38.8 Å². The number of amides is 1. The van der Waals surface area contributed by atoms with Crippen molar-refractivity contribution in [2.24, 2.45) is 0 Å². The zero-order valence-corrected chi connectivity index (χ0v) is 11.4. The summed E-state index contributed by atoms with van der Waals surface area (Å²) in [5.41, 5.74) is 1.56. The number of aryl methyl sites for hydroxylation is 1. The van der Waals surface area contributed by atoms with E-state index in [1.807, 2.05) is 17.9 Å². The Morgan fingerprint density at radius 3 is 2.75 bits per heavy atom. The number of piperazine rings is 1. The van der Waals surface area contributed by atoms with Crippen LogP contribution in [-0.2, 0) is 6.54 Å². The van der Waals surface area contributed by atoms with E-state index in [-0.39, 0.29) is 5.91 Å². The molecule has 20 heavy (non-hydrogen) atoms. The Morgan fingerprint density at radius 1 is 1.35 bits per heavy atom. The van der Waals surface area contributed by atoms with Crippen LogP contribution in [0.2, 0.25) is 0 Å². The summed E-state index contributed by atoms with van der Waals surface area (Å²) >= 11 is 0. The topological polar surface area (TPSA) is 62.7 Å². The van der Waals surface area contributed by atoms with Crippen molar-refractivity contribution < 1.29 is 13.7 Å². The monoisotopic (exact) mass is 275 g/mol. The van der Waals surface area contributed by atoms with E-state index in [1.54, 1.807) is 6.07 Å². The van der Waals surface area contributed by atoms with Gasteiger partial charge in [-0.25, -0.2) is 0 Å². The molecule has 1 saturated heterocycles. The summed E-state index contributed by atoms with van der Waals surface area (Å²) in [4.78, 5) is 16.3. The van der Waals surface area contributed by atoms with E-state index in [2.05, 4.69) is 10.1 Å². The maximum Gasteiger partial charge on any atom is 0.257 e. The minimum absolute atomic E-state index is 0.0377. The minimum atomic E-state index is 0.0377. The van der Waals surface area contributed by atoms with E-state index in [1.165, 1.54) is 12.5 Å². The molecule has 3 rings (SSSR count). The first-order chi connectivity index (χ1) is 9.72. The average Bonchev–Trinajstić information content (AvgIpc) is 3.11. The molecule has 0 saturated carbocycles.